The van der Waals surface area contributed by atoms with E-state index in [1.807, 2.05) is 6.07 Å². The largest absolute Gasteiger partial charge is 0.325 e. The molecule has 0 saturated heterocycles. The zero-order valence-corrected chi connectivity index (χ0v) is 10.2. The summed E-state index contributed by atoms with van der Waals surface area (Å²) in [6, 6.07) is 8.96. The van der Waals surface area contributed by atoms with Gasteiger partial charge in [0.25, 0.3) is 0 Å². The van der Waals surface area contributed by atoms with Gasteiger partial charge in [-0.05, 0) is 24.1 Å². The molecule has 0 bridgehead atoms. The van der Waals surface area contributed by atoms with Gasteiger partial charge in [0, 0.05) is 18.8 Å². The monoisotopic (exact) mass is 252 g/mol. The summed E-state index contributed by atoms with van der Waals surface area (Å²) in [5, 5.41) is 11.7. The van der Waals surface area contributed by atoms with Gasteiger partial charge in [0.15, 0.2) is 0 Å². The molecule has 1 N–H and O–H groups in total. The average Bonchev–Trinajstić information content (AvgIpc) is 2.47. The summed E-state index contributed by atoms with van der Waals surface area (Å²) in [6.45, 7) is 0. The predicted molar refractivity (Wildman–Crippen MR) is 70.1 cm³/mol. The normalized spacial score (nSPS) is 9.63. The number of anilines is 1. The van der Waals surface area contributed by atoms with E-state index in [0.717, 1.165) is 5.56 Å². The van der Waals surface area contributed by atoms with E-state index in [0.29, 0.717) is 24.1 Å². The minimum Gasteiger partial charge on any atom is -0.325 e. The van der Waals surface area contributed by atoms with Crippen molar-refractivity contribution in [2.24, 2.45) is 0 Å². The molecule has 2 aromatic rings. The van der Waals surface area contributed by atoms with Gasteiger partial charge in [0.1, 0.15) is 12.4 Å². The average molecular weight is 252 g/mol. The van der Waals surface area contributed by atoms with Crippen LogP contribution in [0.3, 0.4) is 0 Å². The number of hydrogen-bond donors (Lipinski definition) is 1. The number of nitrogens with zero attached hydrogens (tertiary/aromatic N) is 3. The molecule has 0 atom stereocenters. The molecule has 0 aliphatic carbocycles. The molecule has 1 amide bonds. The Morgan fingerprint density at radius 2 is 2.00 bits per heavy atom. The first kappa shape index (κ1) is 12.7. The van der Waals surface area contributed by atoms with Gasteiger partial charge in [-0.15, -0.1) is 0 Å². The number of carbonyl (C=O) groups excluding carboxylic acids is 1. The van der Waals surface area contributed by atoms with Crippen molar-refractivity contribution in [3.63, 3.8) is 0 Å². The third kappa shape index (κ3) is 3.61. The molecular weight excluding hydrogens is 240 g/mol. The Balaban J connectivity index is 1.93. The Labute approximate surface area is 110 Å². The first-order chi connectivity index (χ1) is 9.29. The Kier molecular flexibility index (Phi) is 4.19. The number of amides is 1. The number of nitrogens with one attached hydrogen (secondary N) is 1. The van der Waals surface area contributed by atoms with E-state index in [1.165, 1.54) is 6.33 Å². The standard InChI is InChI=1S/C14H12N4O/c15-7-12-3-1-2-4-13(12)18-14(19)6-5-11-8-16-10-17-9-11/h1-4,8-10H,5-6H2,(H,18,19). The number of benzene rings is 1. The van der Waals surface area contributed by atoms with Crippen molar-refractivity contribution in [3.05, 3.63) is 54.1 Å². The van der Waals surface area contributed by atoms with Crippen LogP contribution in [0.2, 0.25) is 0 Å². The molecule has 1 aromatic carbocycles. The SMILES string of the molecule is N#Cc1ccccc1NC(=O)CCc1cncnc1. The predicted octanol–water partition coefficient (Wildman–Crippen LogP) is 1.92. The van der Waals surface area contributed by atoms with E-state index in [2.05, 4.69) is 15.3 Å². The van der Waals surface area contributed by atoms with Crippen molar-refractivity contribution in [2.45, 2.75) is 12.8 Å². The molecule has 0 aliphatic rings. The van der Waals surface area contributed by atoms with Crippen molar-refractivity contribution in [1.82, 2.24) is 9.97 Å². The molecule has 0 aliphatic heterocycles. The Morgan fingerprint density at radius 3 is 2.74 bits per heavy atom. The second-order valence-corrected chi connectivity index (χ2v) is 3.95. The summed E-state index contributed by atoms with van der Waals surface area (Å²) < 4.78 is 0. The fraction of sp³-hybridized carbons (Fsp3) is 0.143. The summed E-state index contributed by atoms with van der Waals surface area (Å²) in [4.78, 5) is 19.6. The lowest BCUT2D eigenvalue weighted by molar-refractivity contribution is -0.116. The molecular formula is C14H12N4O. The van der Waals surface area contributed by atoms with Crippen LogP contribution in [-0.4, -0.2) is 15.9 Å². The molecule has 0 radical (unpaired) electrons. The summed E-state index contributed by atoms with van der Waals surface area (Å²) >= 11 is 0. The van der Waals surface area contributed by atoms with Crippen molar-refractivity contribution < 1.29 is 4.79 Å². The Hall–Kier alpha value is -2.74. The minimum atomic E-state index is -0.133. The second-order valence-electron chi connectivity index (χ2n) is 3.95. The summed E-state index contributed by atoms with van der Waals surface area (Å²) in [6.07, 6.45) is 5.72. The Bertz CT molecular complexity index is 604. The van der Waals surface area contributed by atoms with E-state index in [1.54, 1.807) is 36.7 Å². The van der Waals surface area contributed by atoms with Crippen molar-refractivity contribution in [1.29, 1.82) is 5.26 Å². The van der Waals surface area contributed by atoms with E-state index >= 15 is 0 Å². The highest BCUT2D eigenvalue weighted by Crippen LogP contribution is 2.14. The summed E-state index contributed by atoms with van der Waals surface area (Å²) in [7, 11) is 0. The van der Waals surface area contributed by atoms with Gasteiger partial charge < -0.3 is 5.32 Å². The Morgan fingerprint density at radius 1 is 1.26 bits per heavy atom. The van der Waals surface area contributed by atoms with Crippen LogP contribution in [0.4, 0.5) is 5.69 Å². The smallest absolute Gasteiger partial charge is 0.224 e. The number of aromatic nitrogens is 2. The van der Waals surface area contributed by atoms with Crippen LogP contribution in [0.25, 0.3) is 0 Å². The second kappa shape index (κ2) is 6.26. The minimum absolute atomic E-state index is 0.133. The number of para-hydroxylation sites is 1. The highest BCUT2D eigenvalue weighted by Gasteiger charge is 2.06. The van der Waals surface area contributed by atoms with E-state index in [4.69, 9.17) is 5.26 Å². The first-order valence-electron chi connectivity index (χ1n) is 5.82. The lowest BCUT2D eigenvalue weighted by atomic mass is 10.1. The van der Waals surface area contributed by atoms with E-state index in [9.17, 15) is 4.79 Å². The lowest BCUT2D eigenvalue weighted by Gasteiger charge is -2.06. The van der Waals surface area contributed by atoms with Crippen molar-refractivity contribution >= 4 is 11.6 Å². The zero-order valence-electron chi connectivity index (χ0n) is 10.2. The van der Waals surface area contributed by atoms with Gasteiger partial charge in [-0.3, -0.25) is 4.79 Å². The summed E-state index contributed by atoms with van der Waals surface area (Å²) in [5.41, 5.74) is 1.91. The van der Waals surface area contributed by atoms with E-state index < -0.39 is 0 Å². The molecule has 0 spiro atoms. The molecule has 94 valence electrons. The number of aryl methyl sites for hydroxylation is 1. The van der Waals surface area contributed by atoms with Crippen molar-refractivity contribution in [3.8, 4) is 6.07 Å². The topological polar surface area (TPSA) is 78.7 Å². The molecule has 0 unspecified atom stereocenters. The van der Waals surface area contributed by atoms with Crippen LogP contribution in [0.15, 0.2) is 43.0 Å². The molecule has 0 saturated carbocycles. The van der Waals surface area contributed by atoms with Gasteiger partial charge in [-0.1, -0.05) is 12.1 Å². The van der Waals surface area contributed by atoms with Crippen LogP contribution in [0.1, 0.15) is 17.5 Å². The molecule has 5 heteroatoms. The third-order valence-corrected chi connectivity index (χ3v) is 2.58. The van der Waals surface area contributed by atoms with Crippen LogP contribution in [0, 0.1) is 11.3 Å². The number of rotatable bonds is 4. The molecule has 1 aromatic heterocycles. The first-order valence-corrected chi connectivity index (χ1v) is 5.82. The third-order valence-electron chi connectivity index (χ3n) is 2.58. The maximum absolute atomic E-state index is 11.8. The van der Waals surface area contributed by atoms with Gasteiger partial charge in [-0.2, -0.15) is 5.26 Å². The highest BCUT2D eigenvalue weighted by atomic mass is 16.1. The van der Waals surface area contributed by atoms with Crippen LogP contribution < -0.4 is 5.32 Å². The maximum atomic E-state index is 11.8. The van der Waals surface area contributed by atoms with E-state index in [-0.39, 0.29) is 5.91 Å². The van der Waals surface area contributed by atoms with Gasteiger partial charge >= 0.3 is 0 Å². The lowest BCUT2D eigenvalue weighted by Crippen LogP contribution is -2.13. The highest BCUT2D eigenvalue weighted by molar-refractivity contribution is 5.92. The number of nitriles is 1. The molecule has 5 nitrogen and oxygen atoms in total. The molecule has 1 heterocycles. The van der Waals surface area contributed by atoms with Crippen LogP contribution in [-0.2, 0) is 11.2 Å². The summed E-state index contributed by atoms with van der Waals surface area (Å²) in [5.74, 6) is -0.133. The molecule has 0 fully saturated rings. The molecule has 2 rings (SSSR count). The fourth-order valence-electron chi connectivity index (χ4n) is 1.62. The van der Waals surface area contributed by atoms with Gasteiger partial charge in [0.05, 0.1) is 11.3 Å². The van der Waals surface area contributed by atoms with Crippen molar-refractivity contribution in [2.75, 3.05) is 5.32 Å². The quantitative estimate of drug-likeness (QED) is 0.901. The van der Waals surface area contributed by atoms with Gasteiger partial charge in [0.2, 0.25) is 5.91 Å². The number of hydrogen-bond acceptors (Lipinski definition) is 4. The van der Waals surface area contributed by atoms with Gasteiger partial charge in [-0.25, -0.2) is 9.97 Å². The van der Waals surface area contributed by atoms with Crippen LogP contribution >= 0.6 is 0 Å². The fourth-order valence-corrected chi connectivity index (χ4v) is 1.62. The molecule has 19 heavy (non-hydrogen) atoms. The van der Waals surface area contributed by atoms with Crippen LogP contribution in [0.5, 0.6) is 0 Å². The zero-order chi connectivity index (χ0) is 13.5. The number of carbonyl (C=O) groups is 1. The maximum Gasteiger partial charge on any atom is 0.224 e.